The van der Waals surface area contributed by atoms with Gasteiger partial charge in [0.15, 0.2) is 16.7 Å². The Labute approximate surface area is 205 Å². The molecule has 184 valence electrons. The summed E-state index contributed by atoms with van der Waals surface area (Å²) >= 11 is 1.29. The van der Waals surface area contributed by atoms with Crippen LogP contribution in [0.3, 0.4) is 0 Å². The van der Waals surface area contributed by atoms with E-state index in [2.05, 4.69) is 4.99 Å². The van der Waals surface area contributed by atoms with Crippen molar-refractivity contribution in [2.75, 3.05) is 7.11 Å². The molecule has 0 unspecified atom stereocenters. The summed E-state index contributed by atoms with van der Waals surface area (Å²) in [6, 6.07) is 7.94. The van der Waals surface area contributed by atoms with Crippen LogP contribution in [0.2, 0.25) is 0 Å². The van der Waals surface area contributed by atoms with Crippen LogP contribution in [-0.2, 0) is 4.79 Å². The van der Waals surface area contributed by atoms with Crippen LogP contribution in [0.1, 0.15) is 33.3 Å². The van der Waals surface area contributed by atoms with Crippen molar-refractivity contribution in [3.63, 3.8) is 0 Å². The Bertz CT molecular complexity index is 1240. The molecule has 3 rings (SSSR count). The number of nitrogens with zero attached hydrogens (tertiary/aromatic N) is 4. The lowest BCUT2D eigenvalue weighted by Gasteiger charge is -2.20. The number of non-ortho nitro benzene ring substituents is 1. The first-order valence-corrected chi connectivity index (χ1v) is 11.4. The molecule has 12 heteroatoms. The number of amidine groups is 1. The molecule has 1 fully saturated rings. The minimum atomic E-state index is -0.757. The number of benzene rings is 2. The van der Waals surface area contributed by atoms with Gasteiger partial charge in [0.25, 0.3) is 11.6 Å². The molecule has 0 radical (unpaired) electrons. The van der Waals surface area contributed by atoms with E-state index in [4.69, 9.17) is 9.47 Å². The molecule has 11 nitrogen and oxygen atoms in total. The van der Waals surface area contributed by atoms with E-state index in [1.807, 2.05) is 27.7 Å². The first-order valence-electron chi connectivity index (χ1n) is 10.6. The normalized spacial score (nSPS) is 16.0. The fraction of sp³-hybridized carbons (Fsp3) is 0.304. The molecule has 0 N–H and O–H groups in total. The molecule has 0 aliphatic carbocycles. The first-order chi connectivity index (χ1) is 16.5. The highest BCUT2D eigenvalue weighted by molar-refractivity contribution is 8.18. The quantitative estimate of drug-likeness (QED) is 0.267. The van der Waals surface area contributed by atoms with Crippen molar-refractivity contribution in [3.05, 3.63) is 67.1 Å². The van der Waals surface area contributed by atoms with Gasteiger partial charge in [0, 0.05) is 18.2 Å². The number of hydrogen-bond acceptors (Lipinski definition) is 9. The summed E-state index contributed by atoms with van der Waals surface area (Å²) in [7, 11) is 1.41. The number of nitro groups is 2. The number of carbonyl (C=O) groups excluding carboxylic acids is 1. The maximum Gasteiger partial charge on any atom is 0.318 e. The van der Waals surface area contributed by atoms with Crippen molar-refractivity contribution in [1.29, 1.82) is 0 Å². The molecule has 0 atom stereocenters. The van der Waals surface area contributed by atoms with Gasteiger partial charge in [-0.2, -0.15) is 0 Å². The minimum Gasteiger partial charge on any atom is -0.493 e. The number of hydrogen-bond donors (Lipinski definition) is 0. The summed E-state index contributed by atoms with van der Waals surface area (Å²) in [6.07, 6.45) is 1.71. The molecule has 2 aromatic carbocycles. The van der Waals surface area contributed by atoms with Gasteiger partial charge >= 0.3 is 5.69 Å². The zero-order valence-corrected chi connectivity index (χ0v) is 20.6. The monoisotopic (exact) mass is 500 g/mol. The van der Waals surface area contributed by atoms with Gasteiger partial charge in [-0.25, -0.2) is 0 Å². The van der Waals surface area contributed by atoms with E-state index < -0.39 is 21.2 Å². The Morgan fingerprint density at radius 1 is 1.00 bits per heavy atom. The fourth-order valence-corrected chi connectivity index (χ4v) is 4.46. The van der Waals surface area contributed by atoms with Crippen molar-refractivity contribution < 1.29 is 24.1 Å². The van der Waals surface area contributed by atoms with Gasteiger partial charge in [-0.3, -0.25) is 34.9 Å². The number of thioether (sulfide) groups is 1. The molecule has 0 saturated carbocycles. The Morgan fingerprint density at radius 2 is 1.69 bits per heavy atom. The number of ether oxygens (including phenoxy) is 2. The minimum absolute atomic E-state index is 0.0332. The highest BCUT2D eigenvalue weighted by atomic mass is 32.2. The highest BCUT2D eigenvalue weighted by Gasteiger charge is 2.35. The van der Waals surface area contributed by atoms with Gasteiger partial charge < -0.3 is 9.47 Å². The second-order valence-corrected chi connectivity index (χ2v) is 9.07. The number of methoxy groups -OCH3 is 1. The van der Waals surface area contributed by atoms with Crippen LogP contribution in [-0.4, -0.2) is 45.0 Å². The van der Waals surface area contributed by atoms with Gasteiger partial charge in [-0.05, 0) is 69.3 Å². The number of rotatable bonds is 8. The van der Waals surface area contributed by atoms with Gasteiger partial charge in [-0.15, -0.1) is 0 Å². The summed E-state index contributed by atoms with van der Waals surface area (Å²) in [5.41, 5.74) is -0.323. The van der Waals surface area contributed by atoms with Crippen LogP contribution in [0, 0.1) is 20.2 Å². The predicted molar refractivity (Wildman–Crippen MR) is 133 cm³/mol. The standard InChI is InChI=1S/C23H24N4O7S/c1-13(2)24-23-25(14(3)4)22(28)21(35-23)11-15-6-8-19(20(10-15)33-5)34-18-9-7-16(26(29)30)12-17(18)27(31)32/h6-14H,1-5H3/b21-11+,24-23?. The van der Waals surface area contributed by atoms with Crippen molar-refractivity contribution in [1.82, 2.24) is 4.90 Å². The van der Waals surface area contributed by atoms with Gasteiger partial charge in [-0.1, -0.05) is 6.07 Å². The smallest absolute Gasteiger partial charge is 0.318 e. The molecular weight excluding hydrogens is 476 g/mol. The van der Waals surface area contributed by atoms with Crippen LogP contribution in [0.4, 0.5) is 11.4 Å². The number of nitro benzene ring substituents is 2. The first kappa shape index (κ1) is 25.7. The largest absolute Gasteiger partial charge is 0.493 e. The molecule has 1 heterocycles. The number of aliphatic imine (C=N–C) groups is 1. The van der Waals surface area contributed by atoms with E-state index >= 15 is 0 Å². The molecule has 0 aromatic heterocycles. The molecule has 35 heavy (non-hydrogen) atoms. The second kappa shape index (κ2) is 10.6. The van der Waals surface area contributed by atoms with E-state index in [-0.39, 0.29) is 35.2 Å². The third-order valence-corrected chi connectivity index (χ3v) is 5.77. The van der Waals surface area contributed by atoms with Gasteiger partial charge in [0.1, 0.15) is 0 Å². The predicted octanol–water partition coefficient (Wildman–Crippen LogP) is 5.39. The maximum absolute atomic E-state index is 13.0. The Kier molecular flexibility index (Phi) is 7.75. The Morgan fingerprint density at radius 3 is 2.26 bits per heavy atom. The van der Waals surface area contributed by atoms with Crippen molar-refractivity contribution in [2.45, 2.75) is 39.8 Å². The zero-order chi connectivity index (χ0) is 25.9. The summed E-state index contributed by atoms with van der Waals surface area (Å²) in [6.45, 7) is 7.72. The van der Waals surface area contributed by atoms with Crippen LogP contribution in [0.5, 0.6) is 17.2 Å². The number of amides is 1. The topological polar surface area (TPSA) is 137 Å². The lowest BCUT2D eigenvalue weighted by molar-refractivity contribution is -0.394. The van der Waals surface area contributed by atoms with Gasteiger partial charge in [0.2, 0.25) is 5.75 Å². The van der Waals surface area contributed by atoms with Crippen molar-refractivity contribution in [3.8, 4) is 17.2 Å². The van der Waals surface area contributed by atoms with E-state index in [1.54, 1.807) is 29.2 Å². The Hall–Kier alpha value is -3.93. The van der Waals surface area contributed by atoms with E-state index in [0.717, 1.165) is 18.2 Å². The molecular formula is C23H24N4O7S. The summed E-state index contributed by atoms with van der Waals surface area (Å²) in [5.74, 6) is 0.112. The highest BCUT2D eigenvalue weighted by Crippen LogP contribution is 2.40. The molecule has 1 saturated heterocycles. The average molecular weight is 501 g/mol. The van der Waals surface area contributed by atoms with E-state index in [1.165, 1.54) is 18.9 Å². The molecule has 1 amide bonds. The second-order valence-electron chi connectivity index (χ2n) is 8.06. The summed E-state index contributed by atoms with van der Waals surface area (Å²) in [5, 5.41) is 23.0. The van der Waals surface area contributed by atoms with Crippen molar-refractivity contribution >= 4 is 40.3 Å². The van der Waals surface area contributed by atoms with Gasteiger partial charge in [0.05, 0.1) is 27.9 Å². The summed E-state index contributed by atoms with van der Waals surface area (Å²) < 4.78 is 11.1. The van der Waals surface area contributed by atoms with E-state index in [9.17, 15) is 25.0 Å². The third-order valence-electron chi connectivity index (χ3n) is 4.78. The molecule has 1 aliphatic heterocycles. The van der Waals surface area contributed by atoms with Crippen LogP contribution in [0.15, 0.2) is 46.3 Å². The molecule has 1 aliphatic rings. The Balaban J connectivity index is 1.94. The third kappa shape index (κ3) is 5.77. The fourth-order valence-electron chi connectivity index (χ4n) is 3.23. The molecule has 2 aromatic rings. The molecule has 0 bridgehead atoms. The van der Waals surface area contributed by atoms with Crippen LogP contribution >= 0.6 is 11.8 Å². The lowest BCUT2D eigenvalue weighted by Crippen LogP contribution is -2.35. The van der Waals surface area contributed by atoms with Crippen LogP contribution in [0.25, 0.3) is 6.08 Å². The molecule has 0 spiro atoms. The average Bonchev–Trinajstić information content (AvgIpc) is 3.08. The number of carbonyl (C=O) groups is 1. The SMILES string of the molecule is COc1cc(/C=C2/SC(=NC(C)C)N(C(C)C)C2=O)ccc1Oc1ccc([N+](=O)[O-])cc1[N+](=O)[O-]. The lowest BCUT2D eigenvalue weighted by atomic mass is 10.1. The maximum atomic E-state index is 13.0. The van der Waals surface area contributed by atoms with Crippen LogP contribution < -0.4 is 9.47 Å². The van der Waals surface area contributed by atoms with E-state index in [0.29, 0.717) is 15.6 Å². The zero-order valence-electron chi connectivity index (χ0n) is 19.8. The van der Waals surface area contributed by atoms with Crippen molar-refractivity contribution in [2.24, 2.45) is 4.99 Å². The summed E-state index contributed by atoms with van der Waals surface area (Å²) in [4.78, 5) is 40.6.